The second-order valence-electron chi connectivity index (χ2n) is 7.90. The number of carbonyl (C=O) groups is 3. The van der Waals surface area contributed by atoms with Crippen LogP contribution in [0.1, 0.15) is 37.9 Å². The highest BCUT2D eigenvalue weighted by Crippen LogP contribution is 2.35. The zero-order valence-electron chi connectivity index (χ0n) is 17.3. The van der Waals surface area contributed by atoms with Gasteiger partial charge in [0.05, 0.1) is 17.7 Å². The predicted molar refractivity (Wildman–Crippen MR) is 114 cm³/mol. The van der Waals surface area contributed by atoms with E-state index in [0.717, 1.165) is 17.7 Å². The molecule has 2 aliphatic rings. The molecule has 4 rings (SSSR count). The third-order valence-electron chi connectivity index (χ3n) is 5.73. The minimum atomic E-state index is -3.74. The number of urea groups is 1. The van der Waals surface area contributed by atoms with E-state index in [9.17, 15) is 22.8 Å². The molecule has 32 heavy (non-hydrogen) atoms. The third kappa shape index (κ3) is 4.53. The van der Waals surface area contributed by atoms with Crippen LogP contribution < -0.4 is 15.4 Å². The van der Waals surface area contributed by atoms with Gasteiger partial charge in [0, 0.05) is 18.7 Å². The zero-order valence-corrected chi connectivity index (χ0v) is 18.1. The van der Waals surface area contributed by atoms with Crippen molar-refractivity contribution in [2.75, 3.05) is 11.9 Å². The maximum absolute atomic E-state index is 12.6. The number of benzene rings is 1. The van der Waals surface area contributed by atoms with Crippen molar-refractivity contribution in [3.05, 3.63) is 48.4 Å². The number of nitrogens with one attached hydrogen (secondary N) is 3. The smallest absolute Gasteiger partial charge is 0.325 e. The largest absolute Gasteiger partial charge is 0.468 e. The highest BCUT2D eigenvalue weighted by atomic mass is 32.2. The number of rotatable bonds is 8. The SMILES string of the molecule is O=C(CCN1C(=O)NC2(CCCC2)C1=O)Nc1ccc(S(=O)(=O)NCc2ccco2)cc1. The van der Waals surface area contributed by atoms with Crippen LogP contribution in [0.3, 0.4) is 0 Å². The minimum absolute atomic E-state index is 0.0125. The van der Waals surface area contributed by atoms with Crippen LogP contribution in [-0.2, 0) is 26.2 Å². The topological polar surface area (TPSA) is 138 Å². The first-order chi connectivity index (χ1) is 15.3. The van der Waals surface area contributed by atoms with Crippen LogP contribution in [0.15, 0.2) is 52.0 Å². The van der Waals surface area contributed by atoms with Gasteiger partial charge in [0.2, 0.25) is 15.9 Å². The number of anilines is 1. The average molecular weight is 461 g/mol. The molecule has 1 aromatic heterocycles. The van der Waals surface area contributed by atoms with Gasteiger partial charge in [-0.3, -0.25) is 14.5 Å². The Balaban J connectivity index is 1.29. The molecule has 2 fully saturated rings. The van der Waals surface area contributed by atoms with Gasteiger partial charge in [0.15, 0.2) is 0 Å². The van der Waals surface area contributed by atoms with Gasteiger partial charge in [-0.05, 0) is 49.2 Å². The van der Waals surface area contributed by atoms with Crippen molar-refractivity contribution in [1.82, 2.24) is 14.9 Å². The predicted octanol–water partition coefficient (Wildman–Crippen LogP) is 1.95. The molecule has 0 radical (unpaired) electrons. The lowest BCUT2D eigenvalue weighted by atomic mass is 9.98. The maximum atomic E-state index is 12.6. The summed E-state index contributed by atoms with van der Waals surface area (Å²) in [5.74, 6) is -0.157. The lowest BCUT2D eigenvalue weighted by molar-refractivity contribution is -0.131. The molecule has 170 valence electrons. The van der Waals surface area contributed by atoms with Crippen molar-refractivity contribution in [3.63, 3.8) is 0 Å². The molecule has 1 aliphatic carbocycles. The van der Waals surface area contributed by atoms with Crippen molar-refractivity contribution in [2.45, 2.75) is 49.1 Å². The van der Waals surface area contributed by atoms with E-state index in [1.807, 2.05) is 0 Å². The summed E-state index contributed by atoms with van der Waals surface area (Å²) in [5, 5.41) is 5.43. The van der Waals surface area contributed by atoms with Gasteiger partial charge in [-0.1, -0.05) is 12.8 Å². The molecule has 1 spiro atoms. The summed E-state index contributed by atoms with van der Waals surface area (Å²) >= 11 is 0. The number of imide groups is 1. The van der Waals surface area contributed by atoms with Gasteiger partial charge in [-0.15, -0.1) is 0 Å². The fourth-order valence-corrected chi connectivity index (χ4v) is 5.01. The Morgan fingerprint density at radius 2 is 1.84 bits per heavy atom. The minimum Gasteiger partial charge on any atom is -0.468 e. The van der Waals surface area contributed by atoms with Crippen LogP contribution in [0.4, 0.5) is 10.5 Å². The molecule has 10 nitrogen and oxygen atoms in total. The second kappa shape index (κ2) is 8.75. The maximum Gasteiger partial charge on any atom is 0.325 e. The molecule has 2 aromatic rings. The summed E-state index contributed by atoms with van der Waals surface area (Å²) in [6.07, 6.45) is 4.45. The molecule has 0 unspecified atom stereocenters. The van der Waals surface area contributed by atoms with Crippen LogP contribution in [0.25, 0.3) is 0 Å². The first-order valence-electron chi connectivity index (χ1n) is 10.4. The van der Waals surface area contributed by atoms with E-state index in [1.165, 1.54) is 30.5 Å². The van der Waals surface area contributed by atoms with Gasteiger partial charge >= 0.3 is 6.03 Å². The molecule has 1 saturated carbocycles. The lowest BCUT2D eigenvalue weighted by Gasteiger charge is -2.19. The van der Waals surface area contributed by atoms with E-state index >= 15 is 0 Å². The quantitative estimate of drug-likeness (QED) is 0.515. The van der Waals surface area contributed by atoms with E-state index in [0.29, 0.717) is 24.3 Å². The van der Waals surface area contributed by atoms with Gasteiger partial charge in [0.25, 0.3) is 5.91 Å². The van der Waals surface area contributed by atoms with Gasteiger partial charge in [-0.2, -0.15) is 0 Å². The summed E-state index contributed by atoms with van der Waals surface area (Å²) in [5.41, 5.74) is -0.385. The lowest BCUT2D eigenvalue weighted by Crippen LogP contribution is -2.44. The Kier molecular flexibility index (Phi) is 6.02. The van der Waals surface area contributed by atoms with Crippen molar-refractivity contribution in [1.29, 1.82) is 0 Å². The van der Waals surface area contributed by atoms with Crippen LogP contribution in [0.5, 0.6) is 0 Å². The molecular formula is C21H24N4O6S. The molecule has 4 amide bonds. The second-order valence-corrected chi connectivity index (χ2v) is 9.67. The molecule has 0 bridgehead atoms. The molecule has 0 atom stereocenters. The van der Waals surface area contributed by atoms with Gasteiger partial charge < -0.3 is 15.1 Å². The molecule has 2 heterocycles. The molecular weight excluding hydrogens is 436 g/mol. The average Bonchev–Trinajstić information content (AvgIpc) is 3.49. The monoisotopic (exact) mass is 460 g/mol. The first kappa shape index (κ1) is 22.0. The Labute approximate surface area is 185 Å². The summed E-state index contributed by atoms with van der Waals surface area (Å²) in [4.78, 5) is 38.2. The van der Waals surface area contributed by atoms with Crippen LogP contribution in [-0.4, -0.2) is 43.2 Å². The standard InChI is InChI=1S/C21H24N4O6S/c26-18(9-12-25-19(27)21(24-20(25)28)10-1-2-11-21)23-15-5-7-17(8-6-15)32(29,30)22-14-16-4-3-13-31-16/h3-8,13,22H,1-2,9-12,14H2,(H,23,26)(H,24,28). The first-order valence-corrected chi connectivity index (χ1v) is 11.8. The number of amides is 4. The van der Waals surface area contributed by atoms with Crippen LogP contribution in [0.2, 0.25) is 0 Å². The molecule has 11 heteroatoms. The fourth-order valence-electron chi connectivity index (χ4n) is 4.01. The van der Waals surface area contributed by atoms with Crippen molar-refractivity contribution < 1.29 is 27.2 Å². The number of hydrogen-bond donors (Lipinski definition) is 3. The Morgan fingerprint density at radius 1 is 1.12 bits per heavy atom. The highest BCUT2D eigenvalue weighted by molar-refractivity contribution is 7.89. The van der Waals surface area contributed by atoms with Crippen LogP contribution in [0, 0.1) is 0 Å². The number of furan rings is 1. The summed E-state index contributed by atoms with van der Waals surface area (Å²) in [6, 6.07) is 8.57. The van der Waals surface area contributed by atoms with Crippen molar-refractivity contribution in [2.24, 2.45) is 0 Å². The van der Waals surface area contributed by atoms with Gasteiger partial charge in [-0.25, -0.2) is 17.9 Å². The zero-order chi connectivity index (χ0) is 22.8. The van der Waals surface area contributed by atoms with Crippen molar-refractivity contribution >= 4 is 33.6 Å². The molecule has 1 aromatic carbocycles. The highest BCUT2D eigenvalue weighted by Gasteiger charge is 2.52. The Bertz CT molecular complexity index is 1110. The third-order valence-corrected chi connectivity index (χ3v) is 7.15. The van der Waals surface area contributed by atoms with E-state index in [-0.39, 0.29) is 36.2 Å². The Hall–Kier alpha value is -3.18. The van der Waals surface area contributed by atoms with Gasteiger partial charge in [0.1, 0.15) is 11.3 Å². The molecule has 1 aliphatic heterocycles. The van der Waals surface area contributed by atoms with E-state index in [2.05, 4.69) is 15.4 Å². The molecule has 1 saturated heterocycles. The van der Waals surface area contributed by atoms with E-state index in [1.54, 1.807) is 12.1 Å². The number of sulfonamides is 1. The summed E-state index contributed by atoms with van der Waals surface area (Å²) in [7, 11) is -3.74. The van der Waals surface area contributed by atoms with Crippen LogP contribution >= 0.6 is 0 Å². The summed E-state index contributed by atoms with van der Waals surface area (Å²) in [6.45, 7) is 0.0132. The normalized spacial score (nSPS) is 17.7. The van der Waals surface area contributed by atoms with E-state index < -0.39 is 21.6 Å². The molecule has 3 N–H and O–H groups in total. The number of carbonyl (C=O) groups excluding carboxylic acids is 3. The Morgan fingerprint density at radius 3 is 2.50 bits per heavy atom. The fraction of sp³-hybridized carbons (Fsp3) is 0.381. The summed E-state index contributed by atoms with van der Waals surface area (Å²) < 4.78 is 32.3. The van der Waals surface area contributed by atoms with Crippen molar-refractivity contribution in [3.8, 4) is 0 Å². The number of nitrogens with zero attached hydrogens (tertiary/aromatic N) is 1. The number of hydrogen-bond acceptors (Lipinski definition) is 6. The van der Waals surface area contributed by atoms with E-state index in [4.69, 9.17) is 4.42 Å².